The van der Waals surface area contributed by atoms with Crippen LogP contribution in [-0.2, 0) is 11.2 Å². The number of hydrogen-bond acceptors (Lipinski definition) is 7. The van der Waals surface area contributed by atoms with Gasteiger partial charge in [0.1, 0.15) is 0 Å². The number of nitrogens with zero attached hydrogens (tertiary/aromatic N) is 3. The standard InChI is InChI=1S/C28H32F2N7O2/c1-3-18-16-19(7-9-21(18)32-12-13-33-24(38)6-4-5-11-31)36-27-28-35-17-22(37(28)15-14-34-27)20-8-10-23(39-2)26(30)25(20)29/h6-10,14-17,32H,3-5,11-13,31H2,1-2H3,(H,33,38)(H,34,36). The molecule has 0 aliphatic rings. The largest absolute Gasteiger partial charge is 0.494 e. The van der Waals surface area contributed by atoms with E-state index in [1.807, 2.05) is 18.2 Å². The Labute approximate surface area is 225 Å². The van der Waals surface area contributed by atoms with E-state index in [2.05, 4.69) is 32.8 Å². The van der Waals surface area contributed by atoms with Crippen LogP contribution in [0.1, 0.15) is 25.3 Å². The average molecular weight is 537 g/mol. The molecule has 0 atom stereocenters. The predicted octanol–water partition coefficient (Wildman–Crippen LogP) is 4.46. The van der Waals surface area contributed by atoms with Crippen LogP contribution < -0.4 is 26.4 Å². The van der Waals surface area contributed by atoms with Gasteiger partial charge in [-0.25, -0.2) is 14.4 Å². The summed E-state index contributed by atoms with van der Waals surface area (Å²) in [6.07, 6.45) is 8.55. The summed E-state index contributed by atoms with van der Waals surface area (Å²) >= 11 is 0. The third-order valence-electron chi connectivity index (χ3n) is 6.20. The smallest absolute Gasteiger partial charge is 0.223 e. The highest BCUT2D eigenvalue weighted by Gasteiger charge is 2.19. The third kappa shape index (κ3) is 6.43. The van der Waals surface area contributed by atoms with Crippen LogP contribution in [0.25, 0.3) is 16.9 Å². The molecule has 1 radical (unpaired) electrons. The maximum atomic E-state index is 14.8. The highest BCUT2D eigenvalue weighted by molar-refractivity contribution is 5.84. The fourth-order valence-electron chi connectivity index (χ4n) is 4.17. The van der Waals surface area contributed by atoms with Crippen molar-refractivity contribution in [2.45, 2.75) is 26.2 Å². The number of benzene rings is 2. The highest BCUT2D eigenvalue weighted by Crippen LogP contribution is 2.32. The number of carbonyl (C=O) groups is 1. The topological polar surface area (TPSA) is 119 Å². The quantitative estimate of drug-likeness (QED) is 0.186. The number of ether oxygens (including phenoxy) is 1. The van der Waals surface area contributed by atoms with Crippen LogP contribution in [0.4, 0.5) is 26.0 Å². The SMILES string of the molecule is CCc1cc(Nc2nccn3c(-c4ccc(OC)c(F)c4F)cnc23)ccc1NCCNC(=O)[CH]CCCN. The van der Waals surface area contributed by atoms with Crippen LogP contribution in [0.3, 0.4) is 0 Å². The minimum absolute atomic E-state index is 0.0614. The van der Waals surface area contributed by atoms with Gasteiger partial charge >= 0.3 is 0 Å². The Morgan fingerprint density at radius 2 is 2.00 bits per heavy atom. The van der Waals surface area contributed by atoms with Crippen LogP contribution >= 0.6 is 0 Å². The van der Waals surface area contributed by atoms with Gasteiger partial charge in [-0.2, -0.15) is 4.39 Å². The fourth-order valence-corrected chi connectivity index (χ4v) is 4.17. The number of anilines is 3. The molecule has 0 aliphatic heterocycles. The van der Waals surface area contributed by atoms with Gasteiger partial charge in [-0.1, -0.05) is 6.92 Å². The number of nitrogens with two attached hydrogens (primary N) is 1. The maximum absolute atomic E-state index is 14.8. The lowest BCUT2D eigenvalue weighted by molar-refractivity contribution is -0.117. The lowest BCUT2D eigenvalue weighted by Crippen LogP contribution is -2.29. The molecular formula is C28H32F2N7O2. The molecule has 0 fully saturated rings. The lowest BCUT2D eigenvalue weighted by Gasteiger charge is -2.14. The molecule has 4 aromatic rings. The molecule has 0 unspecified atom stereocenters. The van der Waals surface area contributed by atoms with E-state index < -0.39 is 11.6 Å². The number of hydrogen-bond donors (Lipinski definition) is 4. The van der Waals surface area contributed by atoms with Gasteiger partial charge in [-0.05, 0) is 61.7 Å². The number of fused-ring (bicyclic) bond motifs is 1. The van der Waals surface area contributed by atoms with Crippen molar-refractivity contribution in [2.75, 3.05) is 37.4 Å². The number of nitrogens with one attached hydrogen (secondary N) is 3. The summed E-state index contributed by atoms with van der Waals surface area (Å²) in [7, 11) is 1.29. The molecule has 2 heterocycles. The number of methoxy groups -OCH3 is 1. The Bertz CT molecular complexity index is 1440. The number of carbonyl (C=O) groups excluding carboxylic acids is 1. The second-order valence-corrected chi connectivity index (χ2v) is 8.76. The molecule has 205 valence electrons. The van der Waals surface area contributed by atoms with Gasteiger partial charge in [-0.15, -0.1) is 0 Å². The number of unbranched alkanes of at least 4 members (excludes halogenated alkanes) is 1. The van der Waals surface area contributed by atoms with Gasteiger partial charge in [-0.3, -0.25) is 9.20 Å². The minimum atomic E-state index is -1.05. The van der Waals surface area contributed by atoms with E-state index in [1.54, 1.807) is 23.2 Å². The molecule has 5 N–H and O–H groups in total. The van der Waals surface area contributed by atoms with Crippen molar-refractivity contribution in [3.05, 3.63) is 72.5 Å². The van der Waals surface area contributed by atoms with E-state index in [4.69, 9.17) is 10.5 Å². The van der Waals surface area contributed by atoms with Gasteiger partial charge < -0.3 is 26.4 Å². The second kappa shape index (κ2) is 13.0. The Morgan fingerprint density at radius 1 is 1.15 bits per heavy atom. The van der Waals surface area contributed by atoms with Gasteiger partial charge in [0, 0.05) is 48.8 Å². The third-order valence-corrected chi connectivity index (χ3v) is 6.20. The average Bonchev–Trinajstić information content (AvgIpc) is 3.38. The molecule has 9 nitrogen and oxygen atoms in total. The van der Waals surface area contributed by atoms with Crippen LogP contribution in [0.15, 0.2) is 48.9 Å². The molecule has 0 bridgehead atoms. The molecule has 2 aromatic carbocycles. The van der Waals surface area contributed by atoms with Crippen molar-refractivity contribution in [1.29, 1.82) is 0 Å². The summed E-state index contributed by atoms with van der Waals surface area (Å²) in [5, 5.41) is 9.51. The Morgan fingerprint density at radius 3 is 2.77 bits per heavy atom. The van der Waals surface area contributed by atoms with Crippen LogP contribution in [0.5, 0.6) is 5.75 Å². The first kappa shape index (κ1) is 27.8. The number of aromatic nitrogens is 3. The number of aryl methyl sites for hydroxylation is 1. The van der Waals surface area contributed by atoms with Gasteiger partial charge in [0.15, 0.2) is 23.0 Å². The molecule has 39 heavy (non-hydrogen) atoms. The van der Waals surface area contributed by atoms with Crippen LogP contribution in [-0.4, -0.2) is 47.0 Å². The summed E-state index contributed by atoms with van der Waals surface area (Å²) < 4.78 is 35.6. The molecule has 0 saturated heterocycles. The summed E-state index contributed by atoms with van der Waals surface area (Å²) in [6.45, 7) is 3.69. The summed E-state index contributed by atoms with van der Waals surface area (Å²) in [5.41, 5.74) is 9.19. The monoisotopic (exact) mass is 536 g/mol. The second-order valence-electron chi connectivity index (χ2n) is 8.76. The number of halogens is 2. The van der Waals surface area contributed by atoms with Gasteiger partial charge in [0.25, 0.3) is 0 Å². The Hall–Kier alpha value is -4.25. The first-order valence-electron chi connectivity index (χ1n) is 12.8. The van der Waals surface area contributed by atoms with Gasteiger partial charge in [0.2, 0.25) is 11.7 Å². The zero-order chi connectivity index (χ0) is 27.8. The van der Waals surface area contributed by atoms with Crippen LogP contribution in [0, 0.1) is 18.1 Å². The molecule has 0 saturated carbocycles. The van der Waals surface area contributed by atoms with E-state index in [0.717, 1.165) is 29.8 Å². The lowest BCUT2D eigenvalue weighted by atomic mass is 10.1. The molecule has 11 heteroatoms. The molecule has 4 rings (SSSR count). The zero-order valence-corrected chi connectivity index (χ0v) is 21.9. The summed E-state index contributed by atoms with van der Waals surface area (Å²) in [4.78, 5) is 20.6. The Balaban J connectivity index is 1.46. The molecular weight excluding hydrogens is 504 g/mol. The van der Waals surface area contributed by atoms with Crippen molar-refractivity contribution in [3.63, 3.8) is 0 Å². The van der Waals surface area contributed by atoms with E-state index in [1.165, 1.54) is 25.4 Å². The van der Waals surface area contributed by atoms with Crippen molar-refractivity contribution in [2.24, 2.45) is 5.73 Å². The first-order chi connectivity index (χ1) is 19.0. The summed E-state index contributed by atoms with van der Waals surface area (Å²) in [5.74, 6) is -1.86. The van der Waals surface area contributed by atoms with E-state index in [-0.39, 0.29) is 17.2 Å². The van der Waals surface area contributed by atoms with Crippen molar-refractivity contribution in [3.8, 4) is 17.0 Å². The number of rotatable bonds is 13. The predicted molar refractivity (Wildman–Crippen MR) is 148 cm³/mol. The molecule has 2 aromatic heterocycles. The van der Waals surface area contributed by atoms with E-state index in [9.17, 15) is 13.6 Å². The number of imidazole rings is 1. The molecule has 0 spiro atoms. The summed E-state index contributed by atoms with van der Waals surface area (Å²) in [6, 6.07) is 8.72. The Kier molecular flexibility index (Phi) is 9.27. The first-order valence-corrected chi connectivity index (χ1v) is 12.8. The zero-order valence-electron chi connectivity index (χ0n) is 21.9. The minimum Gasteiger partial charge on any atom is -0.494 e. The normalized spacial score (nSPS) is 11.0. The van der Waals surface area contributed by atoms with Crippen molar-refractivity contribution < 1.29 is 18.3 Å². The van der Waals surface area contributed by atoms with Gasteiger partial charge in [0.05, 0.1) is 19.0 Å². The van der Waals surface area contributed by atoms with Crippen LogP contribution in [0.2, 0.25) is 0 Å². The van der Waals surface area contributed by atoms with Crippen molar-refractivity contribution in [1.82, 2.24) is 19.7 Å². The molecule has 1 amide bonds. The highest BCUT2D eigenvalue weighted by atomic mass is 19.2. The maximum Gasteiger partial charge on any atom is 0.223 e. The fraction of sp³-hybridized carbons (Fsp3) is 0.286. The van der Waals surface area contributed by atoms with E-state index in [0.29, 0.717) is 43.2 Å². The van der Waals surface area contributed by atoms with Crippen molar-refractivity contribution >= 4 is 28.7 Å². The molecule has 0 aliphatic carbocycles. The van der Waals surface area contributed by atoms with E-state index >= 15 is 0 Å². The number of amides is 1.